The summed E-state index contributed by atoms with van der Waals surface area (Å²) in [4.78, 5) is 16.7. The Labute approximate surface area is 149 Å². The molecule has 4 nitrogen and oxygen atoms in total. The Morgan fingerprint density at radius 1 is 1.04 bits per heavy atom. The Morgan fingerprint density at radius 3 is 2.58 bits per heavy atom. The maximum Gasteiger partial charge on any atom is 0.255 e. The molecule has 0 atom stereocenters. The number of halogens is 1. The molecule has 0 aliphatic carbocycles. The molecule has 0 radical (unpaired) electrons. The summed E-state index contributed by atoms with van der Waals surface area (Å²) in [5.41, 5.74) is 4.30. The Bertz CT molecular complexity index is 1100. The quantitative estimate of drug-likeness (QED) is 0.584. The van der Waals surface area contributed by atoms with Gasteiger partial charge in [-0.05, 0) is 61.0 Å². The van der Waals surface area contributed by atoms with Crippen LogP contribution in [0.25, 0.3) is 16.7 Å². The molecule has 0 unspecified atom stereocenters. The number of nitrogens with zero attached hydrogens (tertiary/aromatic N) is 2. The van der Waals surface area contributed by atoms with Gasteiger partial charge in [-0.15, -0.1) is 0 Å². The fourth-order valence-corrected chi connectivity index (χ4v) is 2.81. The normalized spacial score (nSPS) is 10.8. The number of hydrogen-bond acceptors (Lipinski definition) is 2. The minimum absolute atomic E-state index is 0.282. The zero-order chi connectivity index (χ0) is 18.1. The number of amides is 1. The number of carbonyl (C=O) groups is 1. The summed E-state index contributed by atoms with van der Waals surface area (Å²) in [7, 11) is 0. The number of benzene rings is 3. The van der Waals surface area contributed by atoms with Crippen LogP contribution >= 0.6 is 0 Å². The van der Waals surface area contributed by atoms with Gasteiger partial charge in [-0.1, -0.05) is 18.2 Å². The third kappa shape index (κ3) is 2.95. The molecule has 1 amide bonds. The van der Waals surface area contributed by atoms with E-state index in [1.165, 1.54) is 6.07 Å². The lowest BCUT2D eigenvalue weighted by Gasteiger charge is -2.08. The Balaban J connectivity index is 1.57. The molecule has 0 bridgehead atoms. The zero-order valence-electron chi connectivity index (χ0n) is 14.1. The highest BCUT2D eigenvalue weighted by Crippen LogP contribution is 2.19. The van der Waals surface area contributed by atoms with Crippen LogP contribution in [0.3, 0.4) is 0 Å². The van der Waals surface area contributed by atoms with Crippen molar-refractivity contribution >= 4 is 22.6 Å². The molecule has 3 aromatic carbocycles. The van der Waals surface area contributed by atoms with E-state index >= 15 is 0 Å². The van der Waals surface area contributed by atoms with Crippen LogP contribution in [0.2, 0.25) is 0 Å². The van der Waals surface area contributed by atoms with E-state index in [1.807, 2.05) is 41.0 Å². The van der Waals surface area contributed by atoms with Gasteiger partial charge in [-0.2, -0.15) is 0 Å². The van der Waals surface area contributed by atoms with Crippen molar-refractivity contribution < 1.29 is 9.18 Å². The second-order valence-corrected chi connectivity index (χ2v) is 6.07. The van der Waals surface area contributed by atoms with E-state index in [9.17, 15) is 9.18 Å². The molecule has 0 spiro atoms. The van der Waals surface area contributed by atoms with E-state index in [4.69, 9.17) is 0 Å². The van der Waals surface area contributed by atoms with Crippen LogP contribution < -0.4 is 5.32 Å². The molecule has 4 aromatic rings. The smallest absolute Gasteiger partial charge is 0.255 e. The first-order valence-corrected chi connectivity index (χ1v) is 8.22. The molecule has 0 fully saturated rings. The molecule has 26 heavy (non-hydrogen) atoms. The number of aryl methyl sites for hydroxylation is 1. The Kier molecular flexibility index (Phi) is 3.97. The van der Waals surface area contributed by atoms with Gasteiger partial charge in [-0.25, -0.2) is 9.37 Å². The minimum atomic E-state index is -0.342. The number of para-hydroxylation sites is 2. The van der Waals surface area contributed by atoms with Crippen LogP contribution in [0, 0.1) is 12.7 Å². The number of nitrogens with one attached hydrogen (secondary N) is 1. The summed E-state index contributed by atoms with van der Waals surface area (Å²) >= 11 is 0. The maximum absolute atomic E-state index is 13.6. The highest BCUT2D eigenvalue weighted by Gasteiger charge is 2.09. The van der Waals surface area contributed by atoms with Crippen molar-refractivity contribution in [3.63, 3.8) is 0 Å². The molecule has 5 heteroatoms. The average molecular weight is 345 g/mol. The van der Waals surface area contributed by atoms with Crippen molar-refractivity contribution in [3.05, 3.63) is 90.0 Å². The van der Waals surface area contributed by atoms with E-state index in [2.05, 4.69) is 10.3 Å². The van der Waals surface area contributed by atoms with Gasteiger partial charge in [-0.3, -0.25) is 9.36 Å². The van der Waals surface area contributed by atoms with Gasteiger partial charge >= 0.3 is 0 Å². The number of aromatic nitrogens is 2. The molecule has 128 valence electrons. The predicted octanol–water partition coefficient (Wildman–Crippen LogP) is 4.73. The molecular formula is C21H16FN3O. The standard InChI is InChI=1S/C21H16FN3O/c1-14-6-9-16(12-18(14)22)24-21(26)15-7-10-17(11-8-15)25-13-23-19-4-2-3-5-20(19)25/h2-13H,1H3,(H,24,26). The minimum Gasteiger partial charge on any atom is -0.322 e. The van der Waals surface area contributed by atoms with Crippen molar-refractivity contribution in [1.29, 1.82) is 0 Å². The largest absolute Gasteiger partial charge is 0.322 e. The number of imidazole rings is 1. The number of hydrogen-bond donors (Lipinski definition) is 1. The third-order valence-corrected chi connectivity index (χ3v) is 4.29. The van der Waals surface area contributed by atoms with Crippen molar-refractivity contribution in [3.8, 4) is 5.69 Å². The van der Waals surface area contributed by atoms with Crippen LogP contribution in [0.5, 0.6) is 0 Å². The molecule has 1 N–H and O–H groups in total. The number of fused-ring (bicyclic) bond motifs is 1. The molecule has 0 aliphatic rings. The van der Waals surface area contributed by atoms with Crippen molar-refractivity contribution in [2.24, 2.45) is 0 Å². The highest BCUT2D eigenvalue weighted by molar-refractivity contribution is 6.04. The fourth-order valence-electron chi connectivity index (χ4n) is 2.81. The van der Waals surface area contributed by atoms with Crippen molar-refractivity contribution in [2.75, 3.05) is 5.32 Å². The second-order valence-electron chi connectivity index (χ2n) is 6.07. The summed E-state index contributed by atoms with van der Waals surface area (Å²) < 4.78 is 15.6. The lowest BCUT2D eigenvalue weighted by molar-refractivity contribution is 0.102. The first-order valence-electron chi connectivity index (χ1n) is 8.22. The monoisotopic (exact) mass is 345 g/mol. The number of carbonyl (C=O) groups excluding carboxylic acids is 1. The first-order chi connectivity index (χ1) is 12.6. The van der Waals surface area contributed by atoms with Gasteiger partial charge in [0.05, 0.1) is 11.0 Å². The number of rotatable bonds is 3. The maximum atomic E-state index is 13.6. The second kappa shape index (κ2) is 6.44. The van der Waals surface area contributed by atoms with Gasteiger partial charge in [0.2, 0.25) is 0 Å². The van der Waals surface area contributed by atoms with Crippen LogP contribution in [-0.4, -0.2) is 15.5 Å². The third-order valence-electron chi connectivity index (χ3n) is 4.29. The average Bonchev–Trinajstić information content (AvgIpc) is 3.09. The molecule has 1 heterocycles. The fraction of sp³-hybridized carbons (Fsp3) is 0.0476. The topological polar surface area (TPSA) is 46.9 Å². The van der Waals surface area contributed by atoms with Crippen molar-refractivity contribution in [2.45, 2.75) is 6.92 Å². The lowest BCUT2D eigenvalue weighted by atomic mass is 10.1. The van der Waals surface area contributed by atoms with Gasteiger partial charge in [0.1, 0.15) is 12.1 Å². The number of anilines is 1. The van der Waals surface area contributed by atoms with Crippen LogP contribution in [0.1, 0.15) is 15.9 Å². The van der Waals surface area contributed by atoms with E-state index in [0.717, 1.165) is 16.7 Å². The zero-order valence-corrected chi connectivity index (χ0v) is 14.1. The van der Waals surface area contributed by atoms with Crippen LogP contribution in [0.4, 0.5) is 10.1 Å². The molecule has 0 saturated carbocycles. The van der Waals surface area contributed by atoms with Gasteiger partial charge in [0.15, 0.2) is 0 Å². The molecule has 1 aromatic heterocycles. The SMILES string of the molecule is Cc1ccc(NC(=O)c2ccc(-n3cnc4ccccc43)cc2)cc1F. The molecule has 0 saturated heterocycles. The van der Waals surface area contributed by atoms with E-state index in [-0.39, 0.29) is 11.7 Å². The Morgan fingerprint density at radius 2 is 1.81 bits per heavy atom. The van der Waals surface area contributed by atoms with Gasteiger partial charge in [0, 0.05) is 16.9 Å². The summed E-state index contributed by atoms with van der Waals surface area (Å²) in [5.74, 6) is -0.625. The summed E-state index contributed by atoms with van der Waals surface area (Å²) in [6.45, 7) is 1.68. The molecule has 4 rings (SSSR count). The van der Waals surface area contributed by atoms with E-state index in [0.29, 0.717) is 16.8 Å². The van der Waals surface area contributed by atoms with Crippen LogP contribution in [-0.2, 0) is 0 Å². The van der Waals surface area contributed by atoms with E-state index < -0.39 is 0 Å². The summed E-state index contributed by atoms with van der Waals surface area (Å²) in [6, 6.07) is 19.7. The molecule has 0 aliphatic heterocycles. The first kappa shape index (κ1) is 16.0. The Hall–Kier alpha value is -3.47. The van der Waals surface area contributed by atoms with Crippen LogP contribution in [0.15, 0.2) is 73.1 Å². The molecular weight excluding hydrogens is 329 g/mol. The summed E-state index contributed by atoms with van der Waals surface area (Å²) in [6.07, 6.45) is 1.76. The van der Waals surface area contributed by atoms with Gasteiger partial charge < -0.3 is 5.32 Å². The lowest BCUT2D eigenvalue weighted by Crippen LogP contribution is -2.12. The predicted molar refractivity (Wildman–Crippen MR) is 100 cm³/mol. The highest BCUT2D eigenvalue weighted by atomic mass is 19.1. The van der Waals surface area contributed by atoms with Crippen molar-refractivity contribution in [1.82, 2.24) is 9.55 Å². The van der Waals surface area contributed by atoms with E-state index in [1.54, 1.807) is 37.5 Å². The summed E-state index contributed by atoms with van der Waals surface area (Å²) in [5, 5.41) is 2.71. The van der Waals surface area contributed by atoms with Gasteiger partial charge in [0.25, 0.3) is 5.91 Å².